The number of Topliss-reactive ketones (excluding diaryl/α,β-unsaturated/α-hetero) is 1. The van der Waals surface area contributed by atoms with Gasteiger partial charge in [-0.3, -0.25) is 9.59 Å². The molecule has 1 heterocycles. The van der Waals surface area contributed by atoms with Crippen LogP contribution >= 0.6 is 0 Å². The molecule has 0 aromatic heterocycles. The highest BCUT2D eigenvalue weighted by molar-refractivity contribution is 5.95. The second-order valence-corrected chi connectivity index (χ2v) is 5.81. The molecule has 1 aromatic carbocycles. The number of ketones is 1. The minimum absolute atomic E-state index is 0.00634. The van der Waals surface area contributed by atoms with Crippen LogP contribution in [-0.4, -0.2) is 38.1 Å². The zero-order valence-electron chi connectivity index (χ0n) is 13.7. The molecule has 126 valence electrons. The van der Waals surface area contributed by atoms with Crippen LogP contribution in [0.3, 0.4) is 0 Å². The van der Waals surface area contributed by atoms with E-state index in [9.17, 15) is 9.59 Å². The van der Waals surface area contributed by atoms with Gasteiger partial charge < -0.3 is 14.8 Å². The fraction of sp³-hybridized carbons (Fsp3) is 0.556. The topological polar surface area (TPSA) is 64.6 Å². The van der Waals surface area contributed by atoms with Crippen molar-refractivity contribution in [3.05, 3.63) is 29.8 Å². The molecule has 23 heavy (non-hydrogen) atoms. The van der Waals surface area contributed by atoms with E-state index < -0.39 is 0 Å². The highest BCUT2D eigenvalue weighted by Gasteiger charge is 2.14. The van der Waals surface area contributed by atoms with Crippen molar-refractivity contribution < 1.29 is 19.1 Å². The van der Waals surface area contributed by atoms with Crippen LogP contribution in [0.1, 0.15) is 43.0 Å². The fourth-order valence-corrected chi connectivity index (χ4v) is 2.57. The van der Waals surface area contributed by atoms with Crippen molar-refractivity contribution in [1.82, 2.24) is 5.32 Å². The SMILES string of the molecule is CCC(=O)c1ccc(OCC(=O)NCCC[C@H]2CCOC2)cc1. The lowest BCUT2D eigenvalue weighted by molar-refractivity contribution is -0.123. The Morgan fingerprint density at radius 2 is 2.09 bits per heavy atom. The number of carbonyl (C=O) groups is 2. The third-order valence-corrected chi connectivity index (χ3v) is 4.00. The average molecular weight is 319 g/mol. The standard InChI is InChI=1S/C18H25NO4/c1-2-17(20)15-5-7-16(8-6-15)23-13-18(21)19-10-3-4-14-9-11-22-12-14/h5-8,14H,2-4,9-13H2,1H3,(H,19,21)/t14-/m0/s1. The number of hydrogen-bond acceptors (Lipinski definition) is 4. The number of amides is 1. The average Bonchev–Trinajstić information content (AvgIpc) is 3.10. The summed E-state index contributed by atoms with van der Waals surface area (Å²) in [5.74, 6) is 1.21. The van der Waals surface area contributed by atoms with Gasteiger partial charge in [0.1, 0.15) is 5.75 Å². The van der Waals surface area contributed by atoms with E-state index in [0.29, 0.717) is 30.2 Å². The molecule has 1 aliphatic rings. The van der Waals surface area contributed by atoms with Crippen molar-refractivity contribution in [1.29, 1.82) is 0 Å². The molecule has 0 radical (unpaired) electrons. The highest BCUT2D eigenvalue weighted by atomic mass is 16.5. The second kappa shape index (κ2) is 9.30. The molecule has 5 nitrogen and oxygen atoms in total. The molecule has 0 aliphatic carbocycles. The van der Waals surface area contributed by atoms with E-state index in [0.717, 1.165) is 32.5 Å². The van der Waals surface area contributed by atoms with Crippen molar-refractivity contribution in [3.8, 4) is 5.75 Å². The first-order chi connectivity index (χ1) is 11.2. The molecule has 0 saturated carbocycles. The molecule has 1 N–H and O–H groups in total. The predicted octanol–water partition coefficient (Wildman–Crippen LogP) is 2.59. The van der Waals surface area contributed by atoms with E-state index in [-0.39, 0.29) is 18.3 Å². The van der Waals surface area contributed by atoms with Gasteiger partial charge in [0, 0.05) is 31.7 Å². The number of nitrogens with one attached hydrogen (secondary N) is 1. The lowest BCUT2D eigenvalue weighted by atomic mass is 10.0. The Bertz CT molecular complexity index is 506. The third kappa shape index (κ3) is 6.02. The Balaban J connectivity index is 1.60. The number of rotatable bonds is 9. The van der Waals surface area contributed by atoms with E-state index in [4.69, 9.17) is 9.47 Å². The van der Waals surface area contributed by atoms with Crippen LogP contribution in [-0.2, 0) is 9.53 Å². The normalized spacial score (nSPS) is 17.0. The summed E-state index contributed by atoms with van der Waals surface area (Å²) in [6.45, 7) is 4.22. The Labute approximate surface area is 137 Å². The Morgan fingerprint density at radius 3 is 2.74 bits per heavy atom. The van der Waals surface area contributed by atoms with E-state index in [2.05, 4.69) is 5.32 Å². The molecule has 0 unspecified atom stereocenters. The largest absolute Gasteiger partial charge is 0.484 e. The van der Waals surface area contributed by atoms with Crippen LogP contribution in [0.2, 0.25) is 0 Å². The van der Waals surface area contributed by atoms with Crippen molar-refractivity contribution in [2.45, 2.75) is 32.6 Å². The summed E-state index contributed by atoms with van der Waals surface area (Å²) in [7, 11) is 0. The van der Waals surface area contributed by atoms with Crippen molar-refractivity contribution in [2.75, 3.05) is 26.4 Å². The van der Waals surface area contributed by atoms with E-state index in [1.165, 1.54) is 0 Å². The minimum atomic E-state index is -0.124. The van der Waals surface area contributed by atoms with Gasteiger partial charge in [-0.2, -0.15) is 0 Å². The van der Waals surface area contributed by atoms with Crippen LogP contribution in [0, 0.1) is 5.92 Å². The van der Waals surface area contributed by atoms with Crippen LogP contribution in [0.25, 0.3) is 0 Å². The summed E-state index contributed by atoms with van der Waals surface area (Å²) < 4.78 is 10.7. The summed E-state index contributed by atoms with van der Waals surface area (Å²) in [5, 5.41) is 2.86. The lowest BCUT2D eigenvalue weighted by Gasteiger charge is -2.09. The molecule has 1 saturated heterocycles. The van der Waals surface area contributed by atoms with Gasteiger partial charge in [0.15, 0.2) is 12.4 Å². The molecule has 1 aromatic rings. The number of ether oxygens (including phenoxy) is 2. The third-order valence-electron chi connectivity index (χ3n) is 4.00. The van der Waals surface area contributed by atoms with Gasteiger partial charge in [-0.1, -0.05) is 6.92 Å². The summed E-state index contributed by atoms with van der Waals surface area (Å²) in [4.78, 5) is 23.2. The van der Waals surface area contributed by atoms with E-state index in [1.807, 2.05) is 6.92 Å². The molecule has 0 bridgehead atoms. The maximum absolute atomic E-state index is 11.7. The van der Waals surface area contributed by atoms with Gasteiger partial charge in [-0.25, -0.2) is 0 Å². The first-order valence-electron chi connectivity index (χ1n) is 8.29. The zero-order chi connectivity index (χ0) is 16.5. The van der Waals surface area contributed by atoms with Crippen molar-refractivity contribution in [2.24, 2.45) is 5.92 Å². The summed E-state index contributed by atoms with van der Waals surface area (Å²) in [6, 6.07) is 6.89. The maximum Gasteiger partial charge on any atom is 0.257 e. The smallest absolute Gasteiger partial charge is 0.257 e. The van der Waals surface area contributed by atoms with Crippen molar-refractivity contribution >= 4 is 11.7 Å². The van der Waals surface area contributed by atoms with Gasteiger partial charge in [-0.05, 0) is 49.4 Å². The molecule has 1 aliphatic heterocycles. The molecule has 1 fully saturated rings. The molecular weight excluding hydrogens is 294 g/mol. The van der Waals surface area contributed by atoms with Crippen LogP contribution in [0.15, 0.2) is 24.3 Å². The monoisotopic (exact) mass is 319 g/mol. The van der Waals surface area contributed by atoms with Crippen LogP contribution < -0.4 is 10.1 Å². The minimum Gasteiger partial charge on any atom is -0.484 e. The molecule has 1 atom stereocenters. The van der Waals surface area contributed by atoms with Gasteiger partial charge in [0.2, 0.25) is 0 Å². The molecule has 5 heteroatoms. The molecule has 1 amide bonds. The summed E-state index contributed by atoms with van der Waals surface area (Å²) >= 11 is 0. The second-order valence-electron chi connectivity index (χ2n) is 5.81. The highest BCUT2D eigenvalue weighted by Crippen LogP contribution is 2.17. The molecular formula is C18H25NO4. The van der Waals surface area contributed by atoms with Crippen LogP contribution in [0.5, 0.6) is 5.75 Å². The lowest BCUT2D eigenvalue weighted by Crippen LogP contribution is -2.29. The van der Waals surface area contributed by atoms with Gasteiger partial charge >= 0.3 is 0 Å². The predicted molar refractivity (Wildman–Crippen MR) is 87.7 cm³/mol. The summed E-state index contributed by atoms with van der Waals surface area (Å²) in [6.07, 6.45) is 3.67. The van der Waals surface area contributed by atoms with Gasteiger partial charge in [-0.15, -0.1) is 0 Å². The fourth-order valence-electron chi connectivity index (χ4n) is 2.57. The quantitative estimate of drug-likeness (QED) is 0.561. The Morgan fingerprint density at radius 1 is 1.30 bits per heavy atom. The Kier molecular flexibility index (Phi) is 7.07. The Hall–Kier alpha value is -1.88. The van der Waals surface area contributed by atoms with Gasteiger partial charge in [0.05, 0.1) is 0 Å². The number of hydrogen-bond donors (Lipinski definition) is 1. The molecule has 0 spiro atoms. The maximum atomic E-state index is 11.7. The number of benzene rings is 1. The van der Waals surface area contributed by atoms with E-state index >= 15 is 0 Å². The summed E-state index contributed by atoms with van der Waals surface area (Å²) in [5.41, 5.74) is 0.667. The first-order valence-corrected chi connectivity index (χ1v) is 8.29. The molecule has 2 rings (SSSR count). The van der Waals surface area contributed by atoms with Crippen molar-refractivity contribution in [3.63, 3.8) is 0 Å². The first kappa shape index (κ1) is 17.5. The zero-order valence-corrected chi connectivity index (χ0v) is 13.7. The van der Waals surface area contributed by atoms with E-state index in [1.54, 1.807) is 24.3 Å². The van der Waals surface area contributed by atoms with Crippen LogP contribution in [0.4, 0.5) is 0 Å². The van der Waals surface area contributed by atoms with Gasteiger partial charge in [0.25, 0.3) is 5.91 Å². The number of carbonyl (C=O) groups excluding carboxylic acids is 2.